The van der Waals surface area contributed by atoms with E-state index in [2.05, 4.69) is 277 Å². The van der Waals surface area contributed by atoms with Crippen molar-refractivity contribution in [3.63, 3.8) is 0 Å². The van der Waals surface area contributed by atoms with Crippen LogP contribution in [0.2, 0.25) is 0 Å². The van der Waals surface area contributed by atoms with Crippen molar-refractivity contribution in [2.24, 2.45) is 0 Å². The van der Waals surface area contributed by atoms with Gasteiger partial charge in [0.15, 0.2) is 0 Å². The normalized spacial score (nSPS) is 20.3. The fraction of sp³-hybridized carbons (Fsp3) is 0.270. The minimum Gasteiger partial charge on any atom is -0.334 e. The molecule has 386 valence electrons. The van der Waals surface area contributed by atoms with Crippen LogP contribution in [0.25, 0.3) is 33.4 Å². The van der Waals surface area contributed by atoms with Crippen LogP contribution in [0.1, 0.15) is 123 Å². The highest BCUT2D eigenvalue weighted by molar-refractivity contribution is 7.00. The van der Waals surface area contributed by atoms with Gasteiger partial charge in [-0.1, -0.05) is 214 Å². The van der Waals surface area contributed by atoms with Crippen LogP contribution in [0, 0.1) is 0 Å². The minimum absolute atomic E-state index is 0.00501. The van der Waals surface area contributed by atoms with E-state index < -0.39 is 0 Å². The number of nitrogens with zero attached hydrogens (tertiary/aromatic N) is 3. The van der Waals surface area contributed by atoms with Gasteiger partial charge in [0.05, 0.1) is 11.2 Å². The van der Waals surface area contributed by atoms with Gasteiger partial charge in [-0.15, -0.1) is 0 Å². The van der Waals surface area contributed by atoms with Crippen LogP contribution in [0.4, 0.5) is 45.5 Å². The molecule has 0 aromatic heterocycles. The van der Waals surface area contributed by atoms with Gasteiger partial charge in [-0.3, -0.25) is 0 Å². The van der Waals surface area contributed by atoms with E-state index in [0.717, 1.165) is 24.9 Å². The van der Waals surface area contributed by atoms with Crippen LogP contribution in [-0.4, -0.2) is 12.3 Å². The Hall–Kier alpha value is -7.56. The van der Waals surface area contributed by atoms with Crippen molar-refractivity contribution in [2.75, 3.05) is 14.7 Å². The summed E-state index contributed by atoms with van der Waals surface area (Å²) < 4.78 is 0. The summed E-state index contributed by atoms with van der Waals surface area (Å²) in [5.74, 6) is 0. The fourth-order valence-electron chi connectivity index (χ4n) is 15.1. The first-order valence-corrected chi connectivity index (χ1v) is 29.0. The summed E-state index contributed by atoms with van der Waals surface area (Å²) in [6.07, 6.45) is 7.03. The van der Waals surface area contributed by atoms with Crippen LogP contribution in [-0.2, 0) is 21.7 Å². The summed E-state index contributed by atoms with van der Waals surface area (Å²) in [7, 11) is 0. The second-order valence-electron chi connectivity index (χ2n) is 26.3. The van der Waals surface area contributed by atoms with Gasteiger partial charge in [0.25, 0.3) is 6.71 Å². The van der Waals surface area contributed by atoms with Gasteiger partial charge < -0.3 is 14.7 Å². The van der Waals surface area contributed by atoms with E-state index in [0.29, 0.717) is 0 Å². The van der Waals surface area contributed by atoms with Crippen molar-refractivity contribution in [3.05, 3.63) is 222 Å². The Labute approximate surface area is 464 Å². The average molecular weight is 1010 g/mol. The maximum atomic E-state index is 2.81. The molecule has 3 aliphatic heterocycles. The van der Waals surface area contributed by atoms with Crippen LogP contribution in [0.3, 0.4) is 0 Å². The molecule has 0 saturated heterocycles. The predicted molar refractivity (Wildman–Crippen MR) is 334 cm³/mol. The first kappa shape index (κ1) is 48.8. The molecule has 9 aromatic carbocycles. The Morgan fingerprint density at radius 3 is 1.64 bits per heavy atom. The first-order chi connectivity index (χ1) is 37.5. The third-order valence-corrected chi connectivity index (χ3v) is 19.8. The quantitative estimate of drug-likeness (QED) is 0.154. The monoisotopic (exact) mass is 1010 g/mol. The molecule has 3 heterocycles. The van der Waals surface area contributed by atoms with Gasteiger partial charge in [-0.2, -0.15) is 0 Å². The maximum Gasteiger partial charge on any atom is 0.252 e. The Morgan fingerprint density at radius 1 is 0.385 bits per heavy atom. The number of para-hydroxylation sites is 1. The Balaban J connectivity index is 1.15. The number of hydrogen-bond donors (Lipinski definition) is 0. The van der Waals surface area contributed by atoms with Gasteiger partial charge >= 0.3 is 0 Å². The molecule has 0 radical (unpaired) electrons. The second kappa shape index (κ2) is 17.5. The van der Waals surface area contributed by atoms with Crippen molar-refractivity contribution in [1.29, 1.82) is 0 Å². The SMILES string of the molecule is CC(C)(C)c1ccc(N2c3cc4c(cc3B3c5ccc(-c6ccccc6)cc5N(c5cccc(-c6ccccc6)c5)c5cc(N6c7ccccc7C7(C)CCCCC67C)cc2c53)C(C)(C)CCC4(C)C)c(-c2ccccc2)c1. The van der Waals surface area contributed by atoms with Crippen molar-refractivity contribution in [3.8, 4) is 33.4 Å². The minimum atomic E-state index is -0.157. The highest BCUT2D eigenvalue weighted by atomic mass is 15.3. The first-order valence-electron chi connectivity index (χ1n) is 29.0. The molecule has 2 aliphatic carbocycles. The molecule has 9 aromatic rings. The summed E-state index contributed by atoms with van der Waals surface area (Å²) >= 11 is 0. The zero-order valence-corrected chi connectivity index (χ0v) is 47.2. The molecule has 5 aliphatic rings. The van der Waals surface area contributed by atoms with Gasteiger partial charge in [-0.05, 0) is 170 Å². The fourth-order valence-corrected chi connectivity index (χ4v) is 15.1. The Morgan fingerprint density at radius 2 is 0.962 bits per heavy atom. The predicted octanol–water partition coefficient (Wildman–Crippen LogP) is 18.2. The van der Waals surface area contributed by atoms with E-state index >= 15 is 0 Å². The van der Waals surface area contributed by atoms with Crippen LogP contribution < -0.4 is 31.1 Å². The molecule has 0 spiro atoms. The molecule has 0 N–H and O–H groups in total. The molecule has 2 unspecified atom stereocenters. The van der Waals surface area contributed by atoms with Crippen LogP contribution >= 0.6 is 0 Å². The van der Waals surface area contributed by atoms with Crippen LogP contribution in [0.5, 0.6) is 0 Å². The molecule has 78 heavy (non-hydrogen) atoms. The van der Waals surface area contributed by atoms with Crippen molar-refractivity contribution in [2.45, 2.75) is 128 Å². The second-order valence-corrected chi connectivity index (χ2v) is 26.3. The summed E-state index contributed by atoms with van der Waals surface area (Å²) in [6, 6.07) is 77.3. The van der Waals surface area contributed by atoms with Crippen molar-refractivity contribution in [1.82, 2.24) is 0 Å². The maximum absolute atomic E-state index is 2.81. The summed E-state index contributed by atoms with van der Waals surface area (Å²) in [4.78, 5) is 8.22. The highest BCUT2D eigenvalue weighted by Crippen LogP contribution is 2.62. The van der Waals surface area contributed by atoms with Gasteiger partial charge in [-0.25, -0.2) is 0 Å². The summed E-state index contributed by atoms with van der Waals surface area (Å²) in [6.45, 7) is 22.1. The lowest BCUT2D eigenvalue weighted by atomic mass is 9.33. The molecule has 14 rings (SSSR count). The zero-order valence-electron chi connectivity index (χ0n) is 47.2. The Bertz CT molecular complexity index is 3850. The van der Waals surface area contributed by atoms with Gasteiger partial charge in [0.2, 0.25) is 0 Å². The average Bonchev–Trinajstić information content (AvgIpc) is 3.35. The highest BCUT2D eigenvalue weighted by Gasteiger charge is 2.58. The van der Waals surface area contributed by atoms with E-state index in [9.17, 15) is 0 Å². The zero-order chi connectivity index (χ0) is 53.5. The van der Waals surface area contributed by atoms with E-state index in [1.807, 2.05) is 0 Å². The largest absolute Gasteiger partial charge is 0.334 e. The molecule has 0 bridgehead atoms. The molecule has 0 amide bonds. The number of hydrogen-bond acceptors (Lipinski definition) is 3. The number of rotatable bonds is 6. The molecule has 1 saturated carbocycles. The molecular weight excluding hydrogens is 942 g/mol. The standard InChI is InChI=1S/C74H72BN3/c1-70(2,3)54-35-37-63(57(44-54)51-28-17-12-18-29-51)77-66-48-60-59(71(4,5)40-41-72(60,6)7)47-62(66)75-61-36-34-53(50-26-15-11-16-27-50)43-65(61)76(55-31-23-30-52(42-55)49-24-13-10-14-25-49)67-45-56(46-68(77)69(67)75)78-64-33-20-19-32-58(64)73(8)38-21-22-39-74(73,78)9/h10-20,23-37,42-48H,21-22,38-41H2,1-9H3. The molecular formula is C74H72BN3. The molecule has 1 fully saturated rings. The van der Waals surface area contributed by atoms with E-state index in [4.69, 9.17) is 0 Å². The Kier molecular flexibility index (Phi) is 10.9. The van der Waals surface area contributed by atoms with Crippen molar-refractivity contribution >= 4 is 68.6 Å². The smallest absolute Gasteiger partial charge is 0.252 e. The molecule has 2 atom stereocenters. The third-order valence-electron chi connectivity index (χ3n) is 19.8. The van der Waals surface area contributed by atoms with Gasteiger partial charge in [0.1, 0.15) is 0 Å². The topological polar surface area (TPSA) is 9.72 Å². The molecule has 3 nitrogen and oxygen atoms in total. The van der Waals surface area contributed by atoms with Crippen molar-refractivity contribution < 1.29 is 0 Å². The number of anilines is 8. The third kappa shape index (κ3) is 7.31. The van der Waals surface area contributed by atoms with Gasteiger partial charge in [0, 0.05) is 50.8 Å². The lowest BCUT2D eigenvalue weighted by Crippen LogP contribution is -2.62. The number of fused-ring (bicyclic) bond motifs is 8. The lowest BCUT2D eigenvalue weighted by molar-refractivity contribution is 0.195. The van der Waals surface area contributed by atoms with E-state index in [-0.39, 0.29) is 33.9 Å². The number of benzene rings is 9. The van der Waals surface area contributed by atoms with E-state index in [1.165, 1.54) is 131 Å². The lowest BCUT2D eigenvalue weighted by Gasteiger charge is -2.51. The summed E-state index contributed by atoms with van der Waals surface area (Å²) in [5, 5.41) is 0. The summed E-state index contributed by atoms with van der Waals surface area (Å²) in [5.41, 5.74) is 26.9. The van der Waals surface area contributed by atoms with Crippen LogP contribution in [0.15, 0.2) is 200 Å². The van der Waals surface area contributed by atoms with E-state index in [1.54, 1.807) is 0 Å². The molecule has 4 heteroatoms.